The van der Waals surface area contributed by atoms with E-state index < -0.39 is 11.8 Å². The summed E-state index contributed by atoms with van der Waals surface area (Å²) in [5, 5.41) is 1.32. The number of nitrogens with one attached hydrogen (secondary N) is 1. The SMILES string of the molecule is O=C(NN1C(=O)C(=Cc2ccco2)SC1=S)c1ccccc1Cl. The molecule has 2 amide bonds. The summed E-state index contributed by atoms with van der Waals surface area (Å²) in [5.41, 5.74) is 2.73. The number of amides is 2. The molecule has 8 heteroatoms. The van der Waals surface area contributed by atoms with E-state index in [4.69, 9.17) is 28.2 Å². The van der Waals surface area contributed by atoms with Crippen molar-refractivity contribution in [2.24, 2.45) is 0 Å². The molecular formula is C15H9ClN2O3S2. The van der Waals surface area contributed by atoms with Crippen molar-refractivity contribution in [2.75, 3.05) is 0 Å². The molecule has 5 nitrogen and oxygen atoms in total. The highest BCUT2D eigenvalue weighted by atomic mass is 35.5. The molecule has 116 valence electrons. The maximum Gasteiger partial charge on any atom is 0.285 e. The van der Waals surface area contributed by atoms with Gasteiger partial charge in [0, 0.05) is 6.08 Å². The van der Waals surface area contributed by atoms with E-state index in [-0.39, 0.29) is 9.88 Å². The fourth-order valence-electron chi connectivity index (χ4n) is 1.87. The minimum atomic E-state index is -0.508. The third-order valence-corrected chi connectivity index (χ3v) is 4.57. The first-order valence-corrected chi connectivity index (χ1v) is 8.03. The van der Waals surface area contributed by atoms with Crippen LogP contribution in [0.3, 0.4) is 0 Å². The van der Waals surface area contributed by atoms with Crippen molar-refractivity contribution in [1.29, 1.82) is 0 Å². The van der Waals surface area contributed by atoms with Crippen LogP contribution in [0.4, 0.5) is 0 Å². The smallest absolute Gasteiger partial charge is 0.285 e. The normalized spacial score (nSPS) is 16.2. The molecule has 1 aliphatic rings. The van der Waals surface area contributed by atoms with Gasteiger partial charge in [-0.2, -0.15) is 5.01 Å². The quantitative estimate of drug-likeness (QED) is 0.667. The van der Waals surface area contributed by atoms with Gasteiger partial charge in [0.25, 0.3) is 11.8 Å². The molecule has 0 spiro atoms. The summed E-state index contributed by atoms with van der Waals surface area (Å²) in [6, 6.07) is 9.99. The highest BCUT2D eigenvalue weighted by Gasteiger charge is 2.34. The maximum absolute atomic E-state index is 12.4. The zero-order valence-corrected chi connectivity index (χ0v) is 13.9. The molecule has 1 aliphatic heterocycles. The maximum atomic E-state index is 12.4. The van der Waals surface area contributed by atoms with Gasteiger partial charge in [0.1, 0.15) is 5.76 Å². The first-order valence-electron chi connectivity index (χ1n) is 6.43. The molecular weight excluding hydrogens is 356 g/mol. The van der Waals surface area contributed by atoms with Gasteiger partial charge < -0.3 is 4.42 Å². The van der Waals surface area contributed by atoms with E-state index in [1.165, 1.54) is 6.26 Å². The summed E-state index contributed by atoms with van der Waals surface area (Å²) in [6.07, 6.45) is 3.08. The van der Waals surface area contributed by atoms with Crippen molar-refractivity contribution in [1.82, 2.24) is 10.4 Å². The number of carbonyl (C=O) groups is 2. The Labute approximate surface area is 146 Å². The van der Waals surface area contributed by atoms with Crippen LogP contribution in [0.2, 0.25) is 5.02 Å². The van der Waals surface area contributed by atoms with Crippen LogP contribution in [0, 0.1) is 0 Å². The van der Waals surface area contributed by atoms with Gasteiger partial charge in [-0.15, -0.1) is 0 Å². The molecule has 0 unspecified atom stereocenters. The summed E-state index contributed by atoms with van der Waals surface area (Å²) in [7, 11) is 0. The van der Waals surface area contributed by atoms with Gasteiger partial charge in [0.2, 0.25) is 0 Å². The Hall–Kier alpha value is -2.09. The molecule has 1 fully saturated rings. The van der Waals surface area contributed by atoms with Crippen LogP contribution in [-0.2, 0) is 4.79 Å². The van der Waals surface area contributed by atoms with Crippen LogP contribution >= 0.6 is 35.6 Å². The number of benzene rings is 1. The number of halogens is 1. The Balaban J connectivity index is 1.79. The number of thioether (sulfide) groups is 1. The van der Waals surface area contributed by atoms with Gasteiger partial charge in [-0.1, -0.05) is 35.5 Å². The highest BCUT2D eigenvalue weighted by molar-refractivity contribution is 8.26. The van der Waals surface area contributed by atoms with Crippen molar-refractivity contribution in [3.63, 3.8) is 0 Å². The van der Waals surface area contributed by atoms with Gasteiger partial charge in [0.15, 0.2) is 4.32 Å². The van der Waals surface area contributed by atoms with Crippen molar-refractivity contribution in [3.8, 4) is 0 Å². The van der Waals surface area contributed by atoms with E-state index >= 15 is 0 Å². The standard InChI is InChI=1S/C15H9ClN2O3S2/c16-11-6-2-1-5-10(11)13(19)17-18-14(20)12(23-15(18)22)8-9-4-3-7-21-9/h1-8H,(H,17,19). The first kappa shape index (κ1) is 15.8. The molecule has 0 saturated carbocycles. The predicted molar refractivity (Wildman–Crippen MR) is 92.6 cm³/mol. The van der Waals surface area contributed by atoms with E-state index in [1.807, 2.05) is 0 Å². The average molecular weight is 365 g/mol. The van der Waals surface area contributed by atoms with Crippen molar-refractivity contribution in [2.45, 2.75) is 0 Å². The zero-order valence-electron chi connectivity index (χ0n) is 11.5. The van der Waals surface area contributed by atoms with Crippen molar-refractivity contribution in [3.05, 3.63) is 63.9 Å². The molecule has 1 N–H and O–H groups in total. The topological polar surface area (TPSA) is 62.6 Å². The molecule has 3 rings (SSSR count). The fourth-order valence-corrected chi connectivity index (χ4v) is 3.25. The van der Waals surface area contributed by atoms with E-state index in [1.54, 1.807) is 42.5 Å². The highest BCUT2D eigenvalue weighted by Crippen LogP contribution is 2.31. The van der Waals surface area contributed by atoms with Gasteiger partial charge in [-0.05, 0) is 36.5 Å². The molecule has 1 aromatic carbocycles. The molecule has 1 aromatic heterocycles. The number of hydrazine groups is 1. The van der Waals surface area contributed by atoms with Crippen LogP contribution in [0.15, 0.2) is 52.0 Å². The lowest BCUT2D eigenvalue weighted by Crippen LogP contribution is -2.44. The second kappa shape index (κ2) is 6.57. The van der Waals surface area contributed by atoms with E-state index in [9.17, 15) is 9.59 Å². The number of hydrogen-bond donors (Lipinski definition) is 1. The van der Waals surface area contributed by atoms with Crippen LogP contribution < -0.4 is 5.43 Å². The molecule has 0 bridgehead atoms. The van der Waals surface area contributed by atoms with Crippen LogP contribution in [0.25, 0.3) is 6.08 Å². The van der Waals surface area contributed by atoms with Gasteiger partial charge in [-0.25, -0.2) is 0 Å². The second-order valence-electron chi connectivity index (χ2n) is 4.45. The Morgan fingerprint density at radius 3 is 2.78 bits per heavy atom. The van der Waals surface area contributed by atoms with Crippen LogP contribution in [0.5, 0.6) is 0 Å². The largest absolute Gasteiger partial charge is 0.465 e. The summed E-state index contributed by atoms with van der Waals surface area (Å²) < 4.78 is 5.40. The Bertz CT molecular complexity index is 818. The lowest BCUT2D eigenvalue weighted by atomic mass is 10.2. The number of nitrogens with zero attached hydrogens (tertiary/aromatic N) is 1. The fraction of sp³-hybridized carbons (Fsp3) is 0. The van der Waals surface area contributed by atoms with Crippen molar-refractivity contribution < 1.29 is 14.0 Å². The second-order valence-corrected chi connectivity index (χ2v) is 6.54. The number of furan rings is 1. The Morgan fingerprint density at radius 2 is 2.09 bits per heavy atom. The summed E-state index contributed by atoms with van der Waals surface area (Å²) in [5.74, 6) is -0.397. The summed E-state index contributed by atoms with van der Waals surface area (Å²) >= 11 is 12.2. The lowest BCUT2D eigenvalue weighted by molar-refractivity contribution is -0.123. The Morgan fingerprint density at radius 1 is 1.30 bits per heavy atom. The minimum Gasteiger partial charge on any atom is -0.465 e. The zero-order chi connectivity index (χ0) is 16.4. The molecule has 0 aliphatic carbocycles. The lowest BCUT2D eigenvalue weighted by Gasteiger charge is -2.16. The Kier molecular flexibility index (Phi) is 4.51. The molecule has 2 aromatic rings. The van der Waals surface area contributed by atoms with E-state index in [0.717, 1.165) is 16.8 Å². The van der Waals surface area contributed by atoms with Crippen LogP contribution in [-0.4, -0.2) is 21.1 Å². The summed E-state index contributed by atoms with van der Waals surface area (Å²) in [4.78, 5) is 25.0. The predicted octanol–water partition coefficient (Wildman–Crippen LogP) is 3.48. The monoisotopic (exact) mass is 364 g/mol. The number of rotatable bonds is 3. The molecule has 0 radical (unpaired) electrons. The number of hydrogen-bond acceptors (Lipinski definition) is 5. The van der Waals surface area contributed by atoms with E-state index in [2.05, 4.69) is 5.43 Å². The van der Waals surface area contributed by atoms with Crippen molar-refractivity contribution >= 4 is 57.8 Å². The van der Waals surface area contributed by atoms with Gasteiger partial charge >= 0.3 is 0 Å². The average Bonchev–Trinajstić information content (AvgIpc) is 3.12. The molecule has 1 saturated heterocycles. The summed E-state index contributed by atoms with van der Waals surface area (Å²) in [6.45, 7) is 0. The van der Waals surface area contributed by atoms with E-state index in [0.29, 0.717) is 15.7 Å². The molecule has 0 atom stereocenters. The first-order chi connectivity index (χ1) is 11.1. The van der Waals surface area contributed by atoms with Gasteiger partial charge in [0.05, 0.1) is 21.8 Å². The third kappa shape index (κ3) is 3.31. The molecule has 23 heavy (non-hydrogen) atoms. The van der Waals surface area contributed by atoms with Gasteiger partial charge in [-0.3, -0.25) is 15.0 Å². The third-order valence-electron chi connectivity index (χ3n) is 2.94. The minimum absolute atomic E-state index is 0.230. The molecule has 2 heterocycles. The number of thiocarbonyl (C=S) groups is 1. The van der Waals surface area contributed by atoms with Crippen LogP contribution in [0.1, 0.15) is 16.1 Å². The number of carbonyl (C=O) groups excluding carboxylic acids is 2.